The van der Waals surface area contributed by atoms with E-state index in [0.29, 0.717) is 6.04 Å². The summed E-state index contributed by atoms with van der Waals surface area (Å²) in [7, 11) is 0. The number of carbonyl (C=O) groups is 1. The number of piperazine rings is 1. The molecule has 1 N–H and O–H groups in total. The number of aromatic nitrogens is 2. The van der Waals surface area contributed by atoms with Gasteiger partial charge in [0.15, 0.2) is 0 Å². The summed E-state index contributed by atoms with van der Waals surface area (Å²) in [6.45, 7) is 10.3. The van der Waals surface area contributed by atoms with Crippen LogP contribution in [-0.4, -0.2) is 62.9 Å². The molecule has 112 valence electrons. The monoisotopic (exact) mass is 280 g/mol. The van der Waals surface area contributed by atoms with Gasteiger partial charge in [0, 0.05) is 50.5 Å². The quantitative estimate of drug-likeness (QED) is 0.873. The summed E-state index contributed by atoms with van der Waals surface area (Å²) in [5.74, 6) is -0.739. The molecular formula is C14H24N4O2. The molecule has 1 aromatic heterocycles. The van der Waals surface area contributed by atoms with E-state index in [0.717, 1.165) is 32.7 Å². The van der Waals surface area contributed by atoms with Crippen LogP contribution in [0.15, 0.2) is 12.4 Å². The molecule has 20 heavy (non-hydrogen) atoms. The number of hydrogen-bond acceptors (Lipinski definition) is 4. The summed E-state index contributed by atoms with van der Waals surface area (Å²) in [6, 6.07) is -0.00199. The van der Waals surface area contributed by atoms with Gasteiger partial charge in [0.25, 0.3) is 0 Å². The SMILES string of the molecule is CC(C(=O)O)N1CCN(Cc2cnn(C(C)C)c2)CC1. The molecular weight excluding hydrogens is 256 g/mol. The normalized spacial score (nSPS) is 19.4. The van der Waals surface area contributed by atoms with Gasteiger partial charge < -0.3 is 5.11 Å². The van der Waals surface area contributed by atoms with E-state index < -0.39 is 5.97 Å². The lowest BCUT2D eigenvalue weighted by molar-refractivity contribution is -0.143. The molecule has 0 radical (unpaired) electrons. The fourth-order valence-corrected chi connectivity index (χ4v) is 2.46. The molecule has 6 heteroatoms. The van der Waals surface area contributed by atoms with Gasteiger partial charge in [-0.3, -0.25) is 19.3 Å². The number of carboxylic acid groups (broad SMARTS) is 1. The average molecular weight is 280 g/mol. The second-order valence-electron chi connectivity index (χ2n) is 5.75. The molecule has 0 aromatic carbocycles. The number of nitrogens with zero attached hydrogens (tertiary/aromatic N) is 4. The van der Waals surface area contributed by atoms with Crippen molar-refractivity contribution in [3.05, 3.63) is 18.0 Å². The predicted octanol–water partition coefficient (Wildman–Crippen LogP) is 1.05. The van der Waals surface area contributed by atoms with Crippen molar-refractivity contribution in [2.75, 3.05) is 26.2 Å². The molecule has 2 rings (SSSR count). The highest BCUT2D eigenvalue weighted by atomic mass is 16.4. The average Bonchev–Trinajstić information content (AvgIpc) is 2.87. The molecule has 1 aromatic rings. The lowest BCUT2D eigenvalue weighted by Crippen LogP contribution is -2.51. The molecule has 0 saturated carbocycles. The zero-order valence-electron chi connectivity index (χ0n) is 12.5. The third kappa shape index (κ3) is 3.58. The number of rotatable bonds is 5. The van der Waals surface area contributed by atoms with Gasteiger partial charge in [-0.2, -0.15) is 5.10 Å². The molecule has 0 spiro atoms. The van der Waals surface area contributed by atoms with Crippen molar-refractivity contribution in [3.8, 4) is 0 Å². The number of carboxylic acids is 1. The first-order chi connectivity index (χ1) is 9.47. The maximum absolute atomic E-state index is 11.0. The van der Waals surface area contributed by atoms with Gasteiger partial charge in [0.1, 0.15) is 6.04 Å². The highest BCUT2D eigenvalue weighted by Gasteiger charge is 2.25. The molecule has 1 aliphatic rings. The summed E-state index contributed by atoms with van der Waals surface area (Å²) >= 11 is 0. The van der Waals surface area contributed by atoms with Gasteiger partial charge in [0.2, 0.25) is 0 Å². The molecule has 0 aliphatic carbocycles. The minimum Gasteiger partial charge on any atom is -0.480 e. The molecule has 1 fully saturated rings. The molecule has 1 atom stereocenters. The molecule has 6 nitrogen and oxygen atoms in total. The fraction of sp³-hybridized carbons (Fsp3) is 0.714. The summed E-state index contributed by atoms with van der Waals surface area (Å²) in [5.41, 5.74) is 1.22. The van der Waals surface area contributed by atoms with Crippen molar-refractivity contribution in [3.63, 3.8) is 0 Å². The Labute approximate surface area is 120 Å². The summed E-state index contributed by atoms with van der Waals surface area (Å²) < 4.78 is 1.97. The Balaban J connectivity index is 1.83. The molecule has 2 heterocycles. The van der Waals surface area contributed by atoms with Gasteiger partial charge in [-0.25, -0.2) is 0 Å². The summed E-state index contributed by atoms with van der Waals surface area (Å²) in [4.78, 5) is 15.3. The summed E-state index contributed by atoms with van der Waals surface area (Å²) in [6.07, 6.45) is 4.02. The van der Waals surface area contributed by atoms with Crippen molar-refractivity contribution < 1.29 is 9.90 Å². The number of aliphatic carboxylic acids is 1. The van der Waals surface area contributed by atoms with E-state index in [-0.39, 0.29) is 6.04 Å². The Morgan fingerprint density at radius 2 is 1.95 bits per heavy atom. The van der Waals surface area contributed by atoms with E-state index in [1.54, 1.807) is 6.92 Å². The highest BCUT2D eigenvalue weighted by Crippen LogP contribution is 2.12. The van der Waals surface area contributed by atoms with Crippen LogP contribution in [0, 0.1) is 0 Å². The smallest absolute Gasteiger partial charge is 0.320 e. The van der Waals surface area contributed by atoms with E-state index in [9.17, 15) is 4.79 Å². The topological polar surface area (TPSA) is 61.6 Å². The van der Waals surface area contributed by atoms with Crippen LogP contribution in [0.4, 0.5) is 0 Å². The Kier molecular flexibility index (Phi) is 4.77. The molecule has 0 amide bonds. The second kappa shape index (κ2) is 6.37. The van der Waals surface area contributed by atoms with Gasteiger partial charge in [-0.15, -0.1) is 0 Å². The van der Waals surface area contributed by atoms with Gasteiger partial charge in [-0.1, -0.05) is 0 Å². The molecule has 1 unspecified atom stereocenters. The first kappa shape index (κ1) is 15.0. The van der Waals surface area contributed by atoms with Crippen LogP contribution < -0.4 is 0 Å². The van der Waals surface area contributed by atoms with Crippen molar-refractivity contribution in [1.29, 1.82) is 0 Å². The van der Waals surface area contributed by atoms with Crippen LogP contribution in [0.2, 0.25) is 0 Å². The lowest BCUT2D eigenvalue weighted by Gasteiger charge is -2.36. The Bertz CT molecular complexity index is 450. The molecule has 1 aliphatic heterocycles. The van der Waals surface area contributed by atoms with E-state index in [1.807, 2.05) is 15.8 Å². The first-order valence-electron chi connectivity index (χ1n) is 7.19. The van der Waals surface area contributed by atoms with Crippen molar-refractivity contribution >= 4 is 5.97 Å². The second-order valence-corrected chi connectivity index (χ2v) is 5.75. The molecule has 0 bridgehead atoms. The fourth-order valence-electron chi connectivity index (χ4n) is 2.46. The molecule has 1 saturated heterocycles. The Morgan fingerprint density at radius 1 is 1.30 bits per heavy atom. The Morgan fingerprint density at radius 3 is 2.45 bits per heavy atom. The standard InChI is InChI=1S/C14H24N4O2/c1-11(2)18-10-13(8-15-18)9-16-4-6-17(7-5-16)12(3)14(19)20/h8,10-12H,4-7,9H2,1-3H3,(H,19,20). The van der Waals surface area contributed by atoms with Crippen LogP contribution in [0.3, 0.4) is 0 Å². The van der Waals surface area contributed by atoms with E-state index in [1.165, 1.54) is 5.56 Å². The van der Waals surface area contributed by atoms with Crippen molar-refractivity contribution in [1.82, 2.24) is 19.6 Å². The van der Waals surface area contributed by atoms with Crippen molar-refractivity contribution in [2.24, 2.45) is 0 Å². The zero-order chi connectivity index (χ0) is 14.7. The van der Waals surface area contributed by atoms with Crippen LogP contribution in [0.25, 0.3) is 0 Å². The van der Waals surface area contributed by atoms with Crippen molar-refractivity contribution in [2.45, 2.75) is 39.4 Å². The lowest BCUT2D eigenvalue weighted by atomic mass is 10.2. The van der Waals surface area contributed by atoms with Crippen LogP contribution in [-0.2, 0) is 11.3 Å². The van der Waals surface area contributed by atoms with E-state index in [4.69, 9.17) is 5.11 Å². The Hall–Kier alpha value is -1.40. The van der Waals surface area contributed by atoms with E-state index in [2.05, 4.69) is 30.0 Å². The van der Waals surface area contributed by atoms with Crippen LogP contribution in [0.1, 0.15) is 32.4 Å². The van der Waals surface area contributed by atoms with Gasteiger partial charge in [-0.05, 0) is 20.8 Å². The zero-order valence-corrected chi connectivity index (χ0v) is 12.5. The highest BCUT2D eigenvalue weighted by molar-refractivity contribution is 5.72. The predicted molar refractivity (Wildman–Crippen MR) is 76.6 cm³/mol. The van der Waals surface area contributed by atoms with Gasteiger partial charge >= 0.3 is 5.97 Å². The minimum absolute atomic E-state index is 0.386. The minimum atomic E-state index is -0.739. The third-order valence-corrected chi connectivity index (χ3v) is 3.90. The maximum atomic E-state index is 11.0. The first-order valence-corrected chi connectivity index (χ1v) is 7.19. The summed E-state index contributed by atoms with van der Waals surface area (Å²) in [5, 5.41) is 13.4. The number of hydrogen-bond donors (Lipinski definition) is 1. The van der Waals surface area contributed by atoms with E-state index >= 15 is 0 Å². The maximum Gasteiger partial charge on any atom is 0.320 e. The third-order valence-electron chi connectivity index (χ3n) is 3.90. The largest absolute Gasteiger partial charge is 0.480 e. The van der Waals surface area contributed by atoms with Crippen LogP contribution in [0.5, 0.6) is 0 Å². The van der Waals surface area contributed by atoms with Crippen LogP contribution >= 0.6 is 0 Å². The van der Waals surface area contributed by atoms with Gasteiger partial charge in [0.05, 0.1) is 6.20 Å².